The van der Waals surface area contributed by atoms with Gasteiger partial charge in [0.2, 0.25) is 5.91 Å². The molecule has 0 saturated carbocycles. The summed E-state index contributed by atoms with van der Waals surface area (Å²) in [6.45, 7) is 0.421. The Balaban J connectivity index is 1.62. The molecule has 0 bridgehead atoms. The maximum absolute atomic E-state index is 11.9. The van der Waals surface area contributed by atoms with E-state index in [1.54, 1.807) is 28.3 Å². The zero-order valence-corrected chi connectivity index (χ0v) is 13.5. The van der Waals surface area contributed by atoms with Crippen LogP contribution in [0.4, 0.5) is 0 Å². The van der Waals surface area contributed by atoms with Crippen LogP contribution in [0.2, 0.25) is 0 Å². The number of aromatic nitrogens is 3. The Morgan fingerprint density at radius 3 is 2.96 bits per heavy atom. The Hall–Kier alpha value is -2.73. The fraction of sp³-hybridized carbons (Fsp3) is 0.118. The van der Waals surface area contributed by atoms with E-state index in [9.17, 15) is 4.79 Å². The standard InChI is InChI=1S/C17H16N4OS/c1-21-13(11-16(20-21)15-6-2-3-9-18-15)12-19-17(22)8-7-14-5-4-10-23-14/h2-11H,12H2,1H3,(H,19,22)/b8-7+. The fourth-order valence-electron chi connectivity index (χ4n) is 2.09. The summed E-state index contributed by atoms with van der Waals surface area (Å²) in [5.74, 6) is -0.126. The minimum Gasteiger partial charge on any atom is -0.347 e. The average Bonchev–Trinajstić information content (AvgIpc) is 3.21. The smallest absolute Gasteiger partial charge is 0.244 e. The summed E-state index contributed by atoms with van der Waals surface area (Å²) in [5, 5.41) is 9.28. The summed E-state index contributed by atoms with van der Waals surface area (Å²) in [5.41, 5.74) is 2.54. The summed E-state index contributed by atoms with van der Waals surface area (Å²) in [6.07, 6.45) is 5.09. The quantitative estimate of drug-likeness (QED) is 0.734. The van der Waals surface area contributed by atoms with Crippen molar-refractivity contribution >= 4 is 23.3 Å². The lowest BCUT2D eigenvalue weighted by molar-refractivity contribution is -0.116. The number of amides is 1. The number of aryl methyl sites for hydroxylation is 1. The third kappa shape index (κ3) is 3.92. The van der Waals surface area contributed by atoms with Gasteiger partial charge in [-0.2, -0.15) is 5.10 Å². The van der Waals surface area contributed by atoms with Crippen molar-refractivity contribution in [2.45, 2.75) is 6.54 Å². The van der Waals surface area contributed by atoms with E-state index in [-0.39, 0.29) is 5.91 Å². The van der Waals surface area contributed by atoms with Gasteiger partial charge in [0.15, 0.2) is 0 Å². The Bertz CT molecular complexity index is 807. The van der Waals surface area contributed by atoms with Crippen molar-refractivity contribution in [1.82, 2.24) is 20.1 Å². The number of nitrogens with one attached hydrogen (secondary N) is 1. The lowest BCUT2D eigenvalue weighted by Gasteiger charge is -2.02. The van der Waals surface area contributed by atoms with Gasteiger partial charge in [0.1, 0.15) is 5.69 Å². The van der Waals surface area contributed by atoms with E-state index in [4.69, 9.17) is 0 Å². The van der Waals surface area contributed by atoms with Gasteiger partial charge in [-0.15, -0.1) is 11.3 Å². The second-order valence-electron chi connectivity index (χ2n) is 4.93. The van der Waals surface area contributed by atoms with Crippen LogP contribution in [0.1, 0.15) is 10.6 Å². The van der Waals surface area contributed by atoms with E-state index in [1.165, 1.54) is 0 Å². The molecule has 3 aromatic heterocycles. The van der Waals surface area contributed by atoms with Gasteiger partial charge in [-0.1, -0.05) is 12.1 Å². The molecule has 1 amide bonds. The molecule has 0 saturated heterocycles. The molecule has 0 aliphatic rings. The topological polar surface area (TPSA) is 59.8 Å². The van der Waals surface area contributed by atoms with Crippen LogP contribution in [-0.4, -0.2) is 20.7 Å². The number of nitrogens with zero attached hydrogens (tertiary/aromatic N) is 3. The summed E-state index contributed by atoms with van der Waals surface area (Å²) < 4.78 is 1.76. The molecule has 0 atom stereocenters. The van der Waals surface area contributed by atoms with E-state index in [1.807, 2.05) is 54.9 Å². The van der Waals surface area contributed by atoms with E-state index in [0.717, 1.165) is 22.0 Å². The highest BCUT2D eigenvalue weighted by atomic mass is 32.1. The first kappa shape index (κ1) is 15.2. The number of pyridine rings is 1. The SMILES string of the molecule is Cn1nc(-c2ccccn2)cc1CNC(=O)/C=C/c1cccs1. The van der Waals surface area contributed by atoms with Crippen molar-refractivity contribution in [2.24, 2.45) is 7.05 Å². The summed E-state index contributed by atoms with van der Waals surface area (Å²) in [4.78, 5) is 17.2. The fourth-order valence-corrected chi connectivity index (χ4v) is 2.71. The monoisotopic (exact) mass is 324 g/mol. The second kappa shape index (κ2) is 7.02. The first-order chi connectivity index (χ1) is 11.2. The molecule has 3 aromatic rings. The Morgan fingerprint density at radius 2 is 2.22 bits per heavy atom. The lowest BCUT2D eigenvalue weighted by Crippen LogP contribution is -2.21. The van der Waals surface area contributed by atoms with Gasteiger partial charge in [-0.25, -0.2) is 0 Å². The third-order valence-electron chi connectivity index (χ3n) is 3.29. The Morgan fingerprint density at radius 1 is 1.30 bits per heavy atom. The number of carbonyl (C=O) groups excluding carboxylic acids is 1. The molecule has 0 aliphatic carbocycles. The van der Waals surface area contributed by atoms with Crippen molar-refractivity contribution in [3.8, 4) is 11.4 Å². The zero-order valence-electron chi connectivity index (χ0n) is 12.6. The van der Waals surface area contributed by atoms with Crippen LogP contribution in [0, 0.1) is 0 Å². The Kier molecular flexibility index (Phi) is 4.63. The summed E-state index contributed by atoms with van der Waals surface area (Å²) in [7, 11) is 1.86. The van der Waals surface area contributed by atoms with Crippen LogP contribution in [0.3, 0.4) is 0 Å². The average molecular weight is 324 g/mol. The molecule has 3 heterocycles. The number of thiophene rings is 1. The molecule has 0 radical (unpaired) electrons. The molecule has 0 aliphatic heterocycles. The lowest BCUT2D eigenvalue weighted by atomic mass is 10.2. The normalized spacial score (nSPS) is 11.0. The highest BCUT2D eigenvalue weighted by molar-refractivity contribution is 7.10. The van der Waals surface area contributed by atoms with Crippen LogP contribution in [-0.2, 0) is 18.4 Å². The van der Waals surface area contributed by atoms with Gasteiger partial charge in [0, 0.05) is 24.2 Å². The molecule has 116 valence electrons. The van der Waals surface area contributed by atoms with Crippen molar-refractivity contribution in [3.63, 3.8) is 0 Å². The molecule has 6 heteroatoms. The largest absolute Gasteiger partial charge is 0.347 e. The van der Waals surface area contributed by atoms with Crippen molar-refractivity contribution < 1.29 is 4.79 Å². The van der Waals surface area contributed by atoms with Crippen LogP contribution < -0.4 is 5.32 Å². The molecular formula is C17H16N4OS. The molecule has 0 aromatic carbocycles. The van der Waals surface area contributed by atoms with Gasteiger partial charge in [-0.05, 0) is 35.7 Å². The van der Waals surface area contributed by atoms with Crippen LogP contribution in [0.15, 0.2) is 54.1 Å². The molecule has 3 rings (SSSR count). The Labute approximate surface area is 138 Å². The predicted molar refractivity (Wildman–Crippen MR) is 91.6 cm³/mol. The number of carbonyl (C=O) groups is 1. The minimum atomic E-state index is -0.126. The maximum Gasteiger partial charge on any atom is 0.244 e. The molecule has 1 N–H and O–H groups in total. The number of hydrogen-bond donors (Lipinski definition) is 1. The van der Waals surface area contributed by atoms with Crippen LogP contribution in [0.25, 0.3) is 17.5 Å². The van der Waals surface area contributed by atoms with E-state index in [2.05, 4.69) is 15.4 Å². The molecular weight excluding hydrogens is 308 g/mol. The first-order valence-corrected chi connectivity index (χ1v) is 8.04. The zero-order chi connectivity index (χ0) is 16.1. The summed E-state index contributed by atoms with van der Waals surface area (Å²) in [6, 6.07) is 11.6. The third-order valence-corrected chi connectivity index (χ3v) is 4.13. The van der Waals surface area contributed by atoms with Crippen molar-refractivity contribution in [2.75, 3.05) is 0 Å². The number of rotatable bonds is 5. The van der Waals surface area contributed by atoms with Crippen molar-refractivity contribution in [1.29, 1.82) is 0 Å². The molecule has 0 fully saturated rings. The van der Waals surface area contributed by atoms with E-state index < -0.39 is 0 Å². The highest BCUT2D eigenvalue weighted by Crippen LogP contribution is 2.15. The first-order valence-electron chi connectivity index (χ1n) is 7.16. The van der Waals surface area contributed by atoms with Gasteiger partial charge < -0.3 is 5.32 Å². The van der Waals surface area contributed by atoms with Crippen LogP contribution in [0.5, 0.6) is 0 Å². The van der Waals surface area contributed by atoms with Gasteiger partial charge >= 0.3 is 0 Å². The molecule has 23 heavy (non-hydrogen) atoms. The maximum atomic E-state index is 11.9. The minimum absolute atomic E-state index is 0.126. The predicted octanol–water partition coefficient (Wildman–Crippen LogP) is 2.87. The molecule has 5 nitrogen and oxygen atoms in total. The van der Waals surface area contributed by atoms with E-state index in [0.29, 0.717) is 6.54 Å². The van der Waals surface area contributed by atoms with Gasteiger partial charge in [-0.3, -0.25) is 14.5 Å². The molecule has 0 unspecified atom stereocenters. The highest BCUT2D eigenvalue weighted by Gasteiger charge is 2.08. The summed E-state index contributed by atoms with van der Waals surface area (Å²) >= 11 is 1.59. The van der Waals surface area contributed by atoms with Gasteiger partial charge in [0.25, 0.3) is 0 Å². The van der Waals surface area contributed by atoms with Crippen LogP contribution >= 0.6 is 11.3 Å². The number of hydrogen-bond acceptors (Lipinski definition) is 4. The van der Waals surface area contributed by atoms with Crippen molar-refractivity contribution in [3.05, 3.63) is 64.6 Å². The second-order valence-corrected chi connectivity index (χ2v) is 5.91. The van der Waals surface area contributed by atoms with Gasteiger partial charge in [0.05, 0.1) is 17.9 Å². The molecule has 0 spiro atoms. The van der Waals surface area contributed by atoms with E-state index >= 15 is 0 Å².